The molecule has 1 aliphatic heterocycles. The van der Waals surface area contributed by atoms with Crippen molar-refractivity contribution in [3.05, 3.63) is 0 Å². The standard InChI is InChI=1S/C7H14O7/c8-1-2(9)6-4(11)3(10)5(12)7(13)14-6/h2-13H,1H2/t2-,3-,4+,5+,6+,7-/m0/s1. The molecule has 0 aromatic carbocycles. The van der Waals surface area contributed by atoms with E-state index in [4.69, 9.17) is 20.4 Å². The van der Waals surface area contributed by atoms with Crippen molar-refractivity contribution in [2.75, 3.05) is 6.61 Å². The van der Waals surface area contributed by atoms with Crippen LogP contribution in [0.3, 0.4) is 0 Å². The molecular formula is C7H14O7. The van der Waals surface area contributed by atoms with E-state index >= 15 is 0 Å². The summed E-state index contributed by atoms with van der Waals surface area (Å²) < 4.78 is 4.62. The van der Waals surface area contributed by atoms with Gasteiger partial charge in [0.1, 0.15) is 30.5 Å². The van der Waals surface area contributed by atoms with Gasteiger partial charge in [0, 0.05) is 0 Å². The van der Waals surface area contributed by atoms with Gasteiger partial charge in [0.15, 0.2) is 6.29 Å². The molecule has 0 aliphatic carbocycles. The number of rotatable bonds is 2. The number of hydrogen-bond donors (Lipinski definition) is 6. The zero-order valence-electron chi connectivity index (χ0n) is 7.26. The van der Waals surface area contributed by atoms with E-state index in [0.29, 0.717) is 0 Å². The van der Waals surface area contributed by atoms with Crippen molar-refractivity contribution in [2.45, 2.75) is 36.8 Å². The first kappa shape index (κ1) is 11.8. The molecule has 0 amide bonds. The molecule has 0 radical (unpaired) electrons. The molecule has 1 heterocycles. The van der Waals surface area contributed by atoms with E-state index in [1.165, 1.54) is 0 Å². The largest absolute Gasteiger partial charge is 0.394 e. The van der Waals surface area contributed by atoms with Crippen molar-refractivity contribution >= 4 is 0 Å². The first-order chi connectivity index (χ1) is 6.49. The molecule has 7 nitrogen and oxygen atoms in total. The molecule has 6 atom stereocenters. The highest BCUT2D eigenvalue weighted by molar-refractivity contribution is 4.91. The van der Waals surface area contributed by atoms with Gasteiger partial charge in [0.05, 0.1) is 6.61 Å². The van der Waals surface area contributed by atoms with Crippen LogP contribution in [0.4, 0.5) is 0 Å². The van der Waals surface area contributed by atoms with Gasteiger partial charge in [-0.05, 0) is 0 Å². The Bertz CT molecular complexity index is 187. The molecule has 7 heteroatoms. The van der Waals surface area contributed by atoms with Crippen molar-refractivity contribution in [1.29, 1.82) is 0 Å². The summed E-state index contributed by atoms with van der Waals surface area (Å²) >= 11 is 0. The second kappa shape index (κ2) is 4.49. The summed E-state index contributed by atoms with van der Waals surface area (Å²) in [6.07, 6.45) is -9.26. The molecule has 0 unspecified atom stereocenters. The molecule has 1 fully saturated rings. The lowest BCUT2D eigenvalue weighted by Gasteiger charge is -2.39. The molecule has 6 N–H and O–H groups in total. The zero-order valence-corrected chi connectivity index (χ0v) is 7.26. The topological polar surface area (TPSA) is 131 Å². The fourth-order valence-electron chi connectivity index (χ4n) is 1.31. The van der Waals surface area contributed by atoms with Crippen molar-refractivity contribution in [2.24, 2.45) is 0 Å². The average molecular weight is 210 g/mol. The lowest BCUT2D eigenvalue weighted by atomic mass is 9.96. The molecule has 0 bridgehead atoms. The highest BCUT2D eigenvalue weighted by atomic mass is 16.6. The SMILES string of the molecule is OC[C@H](O)[C@H]1O[C@H](O)[C@H](O)[C@@H](O)[C@H]1O. The molecule has 0 aromatic heterocycles. The maximum Gasteiger partial charge on any atom is 0.184 e. The van der Waals surface area contributed by atoms with Crippen LogP contribution in [0.2, 0.25) is 0 Å². The molecule has 0 spiro atoms. The summed E-state index contributed by atoms with van der Waals surface area (Å²) in [7, 11) is 0. The van der Waals surface area contributed by atoms with Gasteiger partial charge in [-0.15, -0.1) is 0 Å². The van der Waals surface area contributed by atoms with E-state index in [9.17, 15) is 10.2 Å². The van der Waals surface area contributed by atoms with Gasteiger partial charge < -0.3 is 35.4 Å². The maximum atomic E-state index is 9.31. The monoisotopic (exact) mass is 210 g/mol. The van der Waals surface area contributed by atoms with Crippen LogP contribution in [0.5, 0.6) is 0 Å². The second-order valence-corrected chi connectivity index (χ2v) is 3.21. The smallest absolute Gasteiger partial charge is 0.184 e. The minimum absolute atomic E-state index is 0.683. The Morgan fingerprint density at radius 1 is 1.00 bits per heavy atom. The number of aliphatic hydroxyl groups is 6. The third kappa shape index (κ3) is 2.04. The fraction of sp³-hybridized carbons (Fsp3) is 1.00. The van der Waals surface area contributed by atoms with Crippen LogP contribution in [0, 0.1) is 0 Å². The van der Waals surface area contributed by atoms with Crippen LogP contribution >= 0.6 is 0 Å². The highest BCUT2D eigenvalue weighted by Gasteiger charge is 2.45. The third-order valence-corrected chi connectivity index (χ3v) is 2.19. The van der Waals surface area contributed by atoms with Crippen LogP contribution in [0.25, 0.3) is 0 Å². The van der Waals surface area contributed by atoms with Crippen LogP contribution < -0.4 is 0 Å². The summed E-state index contributed by atoms with van der Waals surface area (Å²) in [6, 6.07) is 0. The summed E-state index contributed by atoms with van der Waals surface area (Å²) in [4.78, 5) is 0. The molecule has 1 aliphatic rings. The van der Waals surface area contributed by atoms with Crippen molar-refractivity contribution in [1.82, 2.24) is 0 Å². The van der Waals surface area contributed by atoms with Gasteiger partial charge in [-0.2, -0.15) is 0 Å². The van der Waals surface area contributed by atoms with E-state index in [1.807, 2.05) is 0 Å². The predicted octanol–water partition coefficient (Wildman–Crippen LogP) is -3.86. The van der Waals surface area contributed by atoms with Crippen LogP contribution in [-0.2, 0) is 4.74 Å². The van der Waals surface area contributed by atoms with Crippen LogP contribution in [0.15, 0.2) is 0 Å². The summed E-state index contributed by atoms with van der Waals surface area (Å²) in [6.45, 7) is -0.683. The van der Waals surface area contributed by atoms with Gasteiger partial charge in [-0.3, -0.25) is 0 Å². The van der Waals surface area contributed by atoms with E-state index in [1.54, 1.807) is 0 Å². The van der Waals surface area contributed by atoms with E-state index in [-0.39, 0.29) is 0 Å². The molecule has 1 saturated heterocycles. The predicted molar refractivity (Wildman–Crippen MR) is 42.0 cm³/mol. The molecule has 84 valence electrons. The Kier molecular flexibility index (Phi) is 3.78. The van der Waals surface area contributed by atoms with E-state index in [2.05, 4.69) is 4.74 Å². The molecule has 0 aromatic rings. The van der Waals surface area contributed by atoms with Crippen molar-refractivity contribution < 1.29 is 35.4 Å². The first-order valence-corrected chi connectivity index (χ1v) is 4.15. The maximum absolute atomic E-state index is 9.31. The van der Waals surface area contributed by atoms with Gasteiger partial charge in [-0.25, -0.2) is 0 Å². The quantitative estimate of drug-likeness (QED) is 0.275. The van der Waals surface area contributed by atoms with Gasteiger partial charge >= 0.3 is 0 Å². The Morgan fingerprint density at radius 3 is 2.07 bits per heavy atom. The third-order valence-electron chi connectivity index (χ3n) is 2.19. The average Bonchev–Trinajstić information content (AvgIpc) is 2.19. The molecule has 0 saturated carbocycles. The number of ether oxygens (including phenoxy) is 1. The minimum Gasteiger partial charge on any atom is -0.394 e. The molecular weight excluding hydrogens is 196 g/mol. The van der Waals surface area contributed by atoms with Gasteiger partial charge in [0.25, 0.3) is 0 Å². The fourth-order valence-corrected chi connectivity index (χ4v) is 1.31. The first-order valence-electron chi connectivity index (χ1n) is 4.15. The second-order valence-electron chi connectivity index (χ2n) is 3.21. The zero-order chi connectivity index (χ0) is 10.9. The Hall–Kier alpha value is -0.280. The number of hydrogen-bond acceptors (Lipinski definition) is 7. The van der Waals surface area contributed by atoms with E-state index in [0.717, 1.165) is 0 Å². The lowest BCUT2D eigenvalue weighted by molar-refractivity contribution is -0.298. The normalized spacial score (nSPS) is 46.3. The number of aliphatic hydroxyl groups excluding tert-OH is 6. The lowest BCUT2D eigenvalue weighted by Crippen LogP contribution is -2.61. The van der Waals surface area contributed by atoms with Crippen molar-refractivity contribution in [3.63, 3.8) is 0 Å². The van der Waals surface area contributed by atoms with Gasteiger partial charge in [-0.1, -0.05) is 0 Å². The minimum atomic E-state index is -1.69. The molecule has 14 heavy (non-hydrogen) atoms. The summed E-state index contributed by atoms with van der Waals surface area (Å²) in [5, 5.41) is 54.3. The Labute approximate surface area is 79.8 Å². The highest BCUT2D eigenvalue weighted by Crippen LogP contribution is 2.21. The van der Waals surface area contributed by atoms with Gasteiger partial charge in [0.2, 0.25) is 0 Å². The Morgan fingerprint density at radius 2 is 1.57 bits per heavy atom. The molecule has 1 rings (SSSR count). The summed E-state index contributed by atoms with van der Waals surface area (Å²) in [5.41, 5.74) is 0. The van der Waals surface area contributed by atoms with E-state index < -0.39 is 43.4 Å². The van der Waals surface area contributed by atoms with Crippen molar-refractivity contribution in [3.8, 4) is 0 Å². The van der Waals surface area contributed by atoms with Crippen LogP contribution in [0.1, 0.15) is 0 Å². The van der Waals surface area contributed by atoms with Crippen LogP contribution in [-0.4, -0.2) is 74.1 Å². The Balaban J connectivity index is 2.70. The summed E-state index contributed by atoms with van der Waals surface area (Å²) in [5.74, 6) is 0.